The summed E-state index contributed by atoms with van der Waals surface area (Å²) < 4.78 is 5.12. The predicted molar refractivity (Wildman–Crippen MR) is 60.3 cm³/mol. The minimum atomic E-state index is 0.251. The second-order valence-electron chi connectivity index (χ2n) is 5.10. The molecule has 0 radical (unpaired) electrons. The third kappa shape index (κ3) is 1.94. The van der Waals surface area contributed by atoms with Crippen LogP contribution in [0.4, 0.5) is 0 Å². The Labute approximate surface area is 100 Å². The van der Waals surface area contributed by atoms with E-state index in [1.807, 2.05) is 11.8 Å². The summed E-state index contributed by atoms with van der Waals surface area (Å²) in [5.74, 6) is 2.20. The van der Waals surface area contributed by atoms with Crippen molar-refractivity contribution in [2.75, 3.05) is 13.1 Å². The Hall–Kier alpha value is -1.39. The summed E-state index contributed by atoms with van der Waals surface area (Å²) >= 11 is 0. The molecule has 0 aromatic carbocycles. The molecular formula is C12H17N3O2. The molecule has 1 aliphatic heterocycles. The standard InChI is InChI=1S/C12H17N3O2/c1-8-13-11(17-14-8)10-6-15(7-10)12(16)9-4-2-3-5-9/h9-10H,2-7H2,1H3. The van der Waals surface area contributed by atoms with Gasteiger partial charge in [-0.15, -0.1) is 0 Å². The lowest BCUT2D eigenvalue weighted by Gasteiger charge is -2.38. The van der Waals surface area contributed by atoms with Crippen LogP contribution in [0, 0.1) is 12.8 Å². The number of likely N-dealkylation sites (tertiary alicyclic amines) is 1. The van der Waals surface area contributed by atoms with Crippen LogP contribution in [0.2, 0.25) is 0 Å². The molecule has 92 valence electrons. The van der Waals surface area contributed by atoms with E-state index in [1.165, 1.54) is 12.8 Å². The van der Waals surface area contributed by atoms with E-state index in [4.69, 9.17) is 4.52 Å². The molecule has 3 rings (SSSR count). The first kappa shape index (κ1) is 10.7. The molecule has 2 aliphatic rings. The lowest BCUT2D eigenvalue weighted by atomic mass is 9.96. The molecular weight excluding hydrogens is 218 g/mol. The van der Waals surface area contributed by atoms with Gasteiger partial charge < -0.3 is 9.42 Å². The predicted octanol–water partition coefficient (Wildman–Crippen LogP) is 1.49. The SMILES string of the molecule is Cc1noc(C2CN(C(=O)C3CCCC3)C2)n1. The number of aromatic nitrogens is 2. The van der Waals surface area contributed by atoms with Gasteiger partial charge in [0.1, 0.15) is 0 Å². The van der Waals surface area contributed by atoms with E-state index in [0.717, 1.165) is 25.9 Å². The summed E-state index contributed by atoms with van der Waals surface area (Å²) in [6.07, 6.45) is 4.55. The number of amides is 1. The Morgan fingerprint density at radius 2 is 2.06 bits per heavy atom. The summed E-state index contributed by atoms with van der Waals surface area (Å²) in [6, 6.07) is 0. The quantitative estimate of drug-likeness (QED) is 0.779. The first-order valence-corrected chi connectivity index (χ1v) is 6.33. The maximum atomic E-state index is 12.1. The number of aryl methyl sites for hydroxylation is 1. The Balaban J connectivity index is 1.55. The van der Waals surface area contributed by atoms with Gasteiger partial charge in [0.15, 0.2) is 5.82 Å². The number of carbonyl (C=O) groups excluding carboxylic acids is 1. The van der Waals surface area contributed by atoms with E-state index in [1.54, 1.807) is 0 Å². The maximum absolute atomic E-state index is 12.1. The zero-order chi connectivity index (χ0) is 11.8. The van der Waals surface area contributed by atoms with Crippen LogP contribution in [0.15, 0.2) is 4.52 Å². The molecule has 17 heavy (non-hydrogen) atoms. The van der Waals surface area contributed by atoms with Crippen molar-refractivity contribution in [3.05, 3.63) is 11.7 Å². The molecule has 1 saturated carbocycles. The fourth-order valence-electron chi connectivity index (χ4n) is 2.72. The summed E-state index contributed by atoms with van der Waals surface area (Å²) in [7, 11) is 0. The van der Waals surface area contributed by atoms with Crippen molar-refractivity contribution in [3.8, 4) is 0 Å². The van der Waals surface area contributed by atoms with Gasteiger partial charge >= 0.3 is 0 Å². The van der Waals surface area contributed by atoms with Crippen LogP contribution in [0.1, 0.15) is 43.3 Å². The lowest BCUT2D eigenvalue weighted by molar-refractivity contribution is -0.140. The van der Waals surface area contributed by atoms with Gasteiger partial charge in [-0.1, -0.05) is 18.0 Å². The van der Waals surface area contributed by atoms with Crippen LogP contribution < -0.4 is 0 Å². The zero-order valence-corrected chi connectivity index (χ0v) is 10.1. The number of hydrogen-bond donors (Lipinski definition) is 0. The van der Waals surface area contributed by atoms with E-state index in [2.05, 4.69) is 10.1 Å². The first-order chi connectivity index (χ1) is 8.24. The molecule has 0 spiro atoms. The molecule has 1 aliphatic carbocycles. The fraction of sp³-hybridized carbons (Fsp3) is 0.750. The molecule has 5 nitrogen and oxygen atoms in total. The zero-order valence-electron chi connectivity index (χ0n) is 10.1. The number of nitrogens with zero attached hydrogens (tertiary/aromatic N) is 3. The summed E-state index contributed by atoms with van der Waals surface area (Å²) in [5, 5.41) is 3.78. The number of rotatable bonds is 2. The summed E-state index contributed by atoms with van der Waals surface area (Å²) in [6.45, 7) is 3.31. The molecule has 2 fully saturated rings. The van der Waals surface area contributed by atoms with Gasteiger partial charge in [-0.3, -0.25) is 4.79 Å². The highest BCUT2D eigenvalue weighted by Crippen LogP contribution is 2.32. The van der Waals surface area contributed by atoms with Crippen molar-refractivity contribution in [1.82, 2.24) is 15.0 Å². The molecule has 0 atom stereocenters. The molecule has 0 unspecified atom stereocenters. The molecule has 1 saturated heterocycles. The Morgan fingerprint density at radius 3 is 2.65 bits per heavy atom. The maximum Gasteiger partial charge on any atom is 0.233 e. The van der Waals surface area contributed by atoms with Gasteiger partial charge in [0.25, 0.3) is 0 Å². The third-order valence-electron chi connectivity index (χ3n) is 3.79. The minimum Gasteiger partial charge on any atom is -0.341 e. The van der Waals surface area contributed by atoms with Crippen LogP contribution >= 0.6 is 0 Å². The van der Waals surface area contributed by atoms with Gasteiger partial charge in [-0.05, 0) is 19.8 Å². The van der Waals surface area contributed by atoms with Crippen LogP contribution in [-0.4, -0.2) is 34.0 Å². The first-order valence-electron chi connectivity index (χ1n) is 6.33. The average Bonchev–Trinajstić information content (AvgIpc) is 2.86. The van der Waals surface area contributed by atoms with Crippen molar-refractivity contribution in [2.45, 2.75) is 38.5 Å². The van der Waals surface area contributed by atoms with Crippen LogP contribution in [-0.2, 0) is 4.79 Å². The fourth-order valence-corrected chi connectivity index (χ4v) is 2.72. The average molecular weight is 235 g/mol. The second-order valence-corrected chi connectivity index (χ2v) is 5.10. The Morgan fingerprint density at radius 1 is 1.35 bits per heavy atom. The topological polar surface area (TPSA) is 59.2 Å². The molecule has 2 heterocycles. The lowest BCUT2D eigenvalue weighted by Crippen LogP contribution is -2.50. The molecule has 1 amide bonds. The van der Waals surface area contributed by atoms with Crippen molar-refractivity contribution < 1.29 is 9.32 Å². The molecule has 1 aromatic heterocycles. The van der Waals surface area contributed by atoms with Crippen molar-refractivity contribution in [2.24, 2.45) is 5.92 Å². The smallest absolute Gasteiger partial charge is 0.233 e. The van der Waals surface area contributed by atoms with Crippen LogP contribution in [0.25, 0.3) is 0 Å². The second kappa shape index (κ2) is 4.13. The molecule has 5 heteroatoms. The highest BCUT2D eigenvalue weighted by atomic mass is 16.5. The normalized spacial score (nSPS) is 21.8. The Bertz CT molecular complexity index is 417. The van der Waals surface area contributed by atoms with Crippen molar-refractivity contribution >= 4 is 5.91 Å². The minimum absolute atomic E-state index is 0.251. The third-order valence-corrected chi connectivity index (χ3v) is 3.79. The van der Waals surface area contributed by atoms with Gasteiger partial charge in [0.05, 0.1) is 5.92 Å². The summed E-state index contributed by atoms with van der Waals surface area (Å²) in [4.78, 5) is 18.2. The van der Waals surface area contributed by atoms with Gasteiger partial charge in [-0.25, -0.2) is 0 Å². The number of carbonyl (C=O) groups is 1. The van der Waals surface area contributed by atoms with Gasteiger partial charge in [0, 0.05) is 19.0 Å². The van der Waals surface area contributed by atoms with Crippen LogP contribution in [0.3, 0.4) is 0 Å². The van der Waals surface area contributed by atoms with Gasteiger partial charge in [-0.2, -0.15) is 4.98 Å². The van der Waals surface area contributed by atoms with Crippen molar-refractivity contribution in [3.63, 3.8) is 0 Å². The summed E-state index contributed by atoms with van der Waals surface area (Å²) in [5.41, 5.74) is 0. The highest BCUT2D eigenvalue weighted by Gasteiger charge is 2.38. The van der Waals surface area contributed by atoms with Crippen molar-refractivity contribution in [1.29, 1.82) is 0 Å². The number of hydrogen-bond acceptors (Lipinski definition) is 4. The largest absolute Gasteiger partial charge is 0.341 e. The van der Waals surface area contributed by atoms with E-state index in [0.29, 0.717) is 17.6 Å². The monoisotopic (exact) mass is 235 g/mol. The van der Waals surface area contributed by atoms with E-state index in [-0.39, 0.29) is 11.8 Å². The van der Waals surface area contributed by atoms with E-state index in [9.17, 15) is 4.79 Å². The van der Waals surface area contributed by atoms with E-state index >= 15 is 0 Å². The molecule has 1 aromatic rings. The van der Waals surface area contributed by atoms with Crippen LogP contribution in [0.5, 0.6) is 0 Å². The molecule has 0 N–H and O–H groups in total. The highest BCUT2D eigenvalue weighted by molar-refractivity contribution is 5.80. The molecule has 0 bridgehead atoms. The van der Waals surface area contributed by atoms with E-state index < -0.39 is 0 Å². The van der Waals surface area contributed by atoms with Gasteiger partial charge in [0.2, 0.25) is 11.8 Å². The Kier molecular flexibility index (Phi) is 2.61.